The van der Waals surface area contributed by atoms with Gasteiger partial charge < -0.3 is 4.98 Å². The summed E-state index contributed by atoms with van der Waals surface area (Å²) in [5, 5.41) is 21.4. The molecule has 0 radical (unpaired) electrons. The second-order valence-corrected chi connectivity index (χ2v) is 5.96. The van der Waals surface area contributed by atoms with Gasteiger partial charge in [-0.05, 0) is 30.0 Å². The Kier molecular flexibility index (Phi) is 3.32. The van der Waals surface area contributed by atoms with Crippen molar-refractivity contribution in [2.75, 3.05) is 0 Å². The fourth-order valence-electron chi connectivity index (χ4n) is 3.12. The van der Waals surface area contributed by atoms with E-state index < -0.39 is 11.2 Å². The van der Waals surface area contributed by atoms with Crippen molar-refractivity contribution in [2.45, 2.75) is 18.3 Å². The van der Waals surface area contributed by atoms with E-state index in [-0.39, 0.29) is 23.1 Å². The van der Waals surface area contributed by atoms with Crippen molar-refractivity contribution in [1.29, 1.82) is 5.26 Å². The maximum absolute atomic E-state index is 12.0. The van der Waals surface area contributed by atoms with Crippen molar-refractivity contribution in [1.82, 2.24) is 29.9 Å². The van der Waals surface area contributed by atoms with E-state index in [2.05, 4.69) is 31.3 Å². The summed E-state index contributed by atoms with van der Waals surface area (Å²) < 4.78 is 1.82. The van der Waals surface area contributed by atoms with E-state index in [1.807, 2.05) is 17.8 Å². The highest BCUT2D eigenvalue weighted by Crippen LogP contribution is 2.55. The Hall–Kier alpha value is -3.54. The summed E-state index contributed by atoms with van der Waals surface area (Å²) in [5.41, 5.74) is 1.48. The highest BCUT2D eigenvalue weighted by atomic mass is 16.2. The molecule has 1 saturated carbocycles. The van der Waals surface area contributed by atoms with Crippen LogP contribution in [0.4, 0.5) is 0 Å². The number of hydrogen-bond donors (Lipinski definition) is 2. The third kappa shape index (κ3) is 2.53. The molecular formula is C16H13N7O2. The van der Waals surface area contributed by atoms with E-state index in [1.165, 1.54) is 6.20 Å². The van der Waals surface area contributed by atoms with Gasteiger partial charge in [0.1, 0.15) is 11.8 Å². The molecule has 3 aromatic heterocycles. The van der Waals surface area contributed by atoms with Gasteiger partial charge in [0.15, 0.2) is 5.69 Å². The first kappa shape index (κ1) is 15.0. The van der Waals surface area contributed by atoms with E-state index in [0.717, 1.165) is 17.7 Å². The topological polar surface area (TPSA) is 133 Å². The van der Waals surface area contributed by atoms with Gasteiger partial charge in [-0.1, -0.05) is 0 Å². The van der Waals surface area contributed by atoms with Crippen LogP contribution in [0.5, 0.6) is 0 Å². The summed E-state index contributed by atoms with van der Waals surface area (Å²) in [5.74, 6) is 0.381. The fourth-order valence-corrected chi connectivity index (χ4v) is 3.12. The maximum atomic E-state index is 12.0. The van der Waals surface area contributed by atoms with Crippen LogP contribution in [0.3, 0.4) is 0 Å². The van der Waals surface area contributed by atoms with Gasteiger partial charge in [-0.3, -0.25) is 14.5 Å². The van der Waals surface area contributed by atoms with Crippen molar-refractivity contribution in [3.8, 4) is 17.3 Å². The molecule has 25 heavy (non-hydrogen) atoms. The molecule has 2 N–H and O–H groups in total. The van der Waals surface area contributed by atoms with Crippen molar-refractivity contribution < 1.29 is 0 Å². The maximum Gasteiger partial charge on any atom is 0.325 e. The summed E-state index contributed by atoms with van der Waals surface area (Å²) in [4.78, 5) is 27.7. The predicted molar refractivity (Wildman–Crippen MR) is 86.7 cm³/mol. The summed E-state index contributed by atoms with van der Waals surface area (Å²) in [6.45, 7) is 0. The average Bonchev–Trinajstić information content (AvgIpc) is 3.27. The number of aromatic nitrogens is 6. The van der Waals surface area contributed by atoms with Crippen LogP contribution in [0.25, 0.3) is 11.3 Å². The molecule has 0 amide bonds. The monoisotopic (exact) mass is 335 g/mol. The molecule has 4 rings (SSSR count). The Morgan fingerprint density at radius 3 is 2.84 bits per heavy atom. The van der Waals surface area contributed by atoms with E-state index in [0.29, 0.717) is 5.69 Å². The van der Waals surface area contributed by atoms with Crippen LogP contribution in [0, 0.1) is 11.3 Å². The molecule has 0 spiro atoms. The van der Waals surface area contributed by atoms with Crippen LogP contribution in [0.1, 0.15) is 35.2 Å². The standard InChI is InChI=1S/C16H13N7O2/c1-23-14(2-3-19-23)10-4-8(10)9-5-12(21-22-13(9)6-17)11-7-18-16(25)20-15(11)24/h2-3,5,7-8,10H,4H2,1H3,(H2,18,20,24,25)/t8-,10+/m1/s1. The van der Waals surface area contributed by atoms with Crippen LogP contribution >= 0.6 is 0 Å². The number of nitrogens with one attached hydrogen (secondary N) is 2. The lowest BCUT2D eigenvalue weighted by Crippen LogP contribution is -2.23. The fraction of sp³-hybridized carbons (Fsp3) is 0.250. The Balaban J connectivity index is 1.76. The lowest BCUT2D eigenvalue weighted by molar-refractivity contribution is 0.708. The summed E-state index contributed by atoms with van der Waals surface area (Å²) in [7, 11) is 1.88. The minimum absolute atomic E-state index is 0.126. The first-order valence-corrected chi connectivity index (χ1v) is 7.66. The first-order chi connectivity index (χ1) is 12.1. The zero-order valence-electron chi connectivity index (χ0n) is 13.2. The largest absolute Gasteiger partial charge is 0.325 e. The summed E-state index contributed by atoms with van der Waals surface area (Å²) >= 11 is 0. The van der Waals surface area contributed by atoms with Gasteiger partial charge in [0, 0.05) is 31.1 Å². The molecule has 2 atom stereocenters. The number of nitriles is 1. The molecule has 124 valence electrons. The predicted octanol–water partition coefficient (Wildman–Crippen LogP) is 0.396. The molecule has 0 unspecified atom stereocenters. The first-order valence-electron chi connectivity index (χ1n) is 7.66. The number of aryl methyl sites for hydroxylation is 1. The number of hydrogen-bond acceptors (Lipinski definition) is 6. The van der Waals surface area contributed by atoms with Gasteiger partial charge in [0.05, 0.1) is 5.56 Å². The van der Waals surface area contributed by atoms with Crippen LogP contribution in [0.2, 0.25) is 0 Å². The van der Waals surface area contributed by atoms with E-state index in [4.69, 9.17) is 0 Å². The number of nitrogens with zero attached hydrogens (tertiary/aromatic N) is 5. The molecule has 3 heterocycles. The normalized spacial score (nSPS) is 18.7. The lowest BCUT2D eigenvalue weighted by atomic mass is 10.0. The summed E-state index contributed by atoms with van der Waals surface area (Å²) in [6, 6.07) is 5.72. The lowest BCUT2D eigenvalue weighted by Gasteiger charge is -2.06. The molecule has 3 aromatic rings. The minimum Gasteiger partial charge on any atom is -0.313 e. The second kappa shape index (κ2) is 5.52. The van der Waals surface area contributed by atoms with Gasteiger partial charge in [-0.15, -0.1) is 10.2 Å². The molecule has 0 aliphatic heterocycles. The Bertz CT molecular complexity index is 1120. The molecule has 0 bridgehead atoms. The summed E-state index contributed by atoms with van der Waals surface area (Å²) in [6.07, 6.45) is 3.92. The smallest absolute Gasteiger partial charge is 0.313 e. The highest BCUT2D eigenvalue weighted by molar-refractivity contribution is 5.59. The zero-order valence-corrected chi connectivity index (χ0v) is 13.2. The Labute approximate surface area is 141 Å². The van der Waals surface area contributed by atoms with Gasteiger partial charge >= 0.3 is 5.69 Å². The minimum atomic E-state index is -0.589. The van der Waals surface area contributed by atoms with Crippen LogP contribution < -0.4 is 11.2 Å². The zero-order chi connectivity index (χ0) is 17.6. The Morgan fingerprint density at radius 2 is 2.16 bits per heavy atom. The Morgan fingerprint density at radius 1 is 1.32 bits per heavy atom. The van der Waals surface area contributed by atoms with Gasteiger partial charge in [-0.2, -0.15) is 10.4 Å². The van der Waals surface area contributed by atoms with E-state index in [1.54, 1.807) is 12.3 Å². The molecular weight excluding hydrogens is 322 g/mol. The third-order valence-electron chi connectivity index (χ3n) is 4.45. The van der Waals surface area contributed by atoms with Crippen LogP contribution in [-0.2, 0) is 7.05 Å². The van der Waals surface area contributed by atoms with Gasteiger partial charge in [0.25, 0.3) is 5.56 Å². The SMILES string of the molecule is Cn1nccc1[C@H]1C[C@@H]1c1cc(-c2c[nH]c(=O)[nH]c2=O)nnc1C#N. The van der Waals surface area contributed by atoms with Crippen molar-refractivity contribution in [3.05, 3.63) is 62.3 Å². The molecule has 9 heteroatoms. The van der Waals surface area contributed by atoms with Crippen LogP contribution in [-0.4, -0.2) is 29.9 Å². The molecule has 9 nitrogen and oxygen atoms in total. The molecule has 0 saturated heterocycles. The molecule has 0 aromatic carbocycles. The van der Waals surface area contributed by atoms with E-state index in [9.17, 15) is 14.9 Å². The highest BCUT2D eigenvalue weighted by Gasteiger charge is 2.43. The molecule has 1 fully saturated rings. The number of aromatic amines is 2. The van der Waals surface area contributed by atoms with Crippen molar-refractivity contribution in [2.24, 2.45) is 7.05 Å². The van der Waals surface area contributed by atoms with E-state index >= 15 is 0 Å². The third-order valence-corrected chi connectivity index (χ3v) is 4.45. The van der Waals surface area contributed by atoms with Crippen molar-refractivity contribution in [3.63, 3.8) is 0 Å². The number of rotatable bonds is 3. The molecule has 1 aliphatic rings. The van der Waals surface area contributed by atoms with Crippen molar-refractivity contribution >= 4 is 0 Å². The average molecular weight is 335 g/mol. The quantitative estimate of drug-likeness (QED) is 0.711. The second-order valence-electron chi connectivity index (χ2n) is 5.96. The number of H-pyrrole nitrogens is 2. The molecule has 1 aliphatic carbocycles. The van der Waals surface area contributed by atoms with Gasteiger partial charge in [0.2, 0.25) is 0 Å². The van der Waals surface area contributed by atoms with Crippen LogP contribution in [0.15, 0.2) is 34.1 Å². The van der Waals surface area contributed by atoms with Gasteiger partial charge in [-0.25, -0.2) is 4.79 Å².